The van der Waals surface area contributed by atoms with Crippen molar-refractivity contribution in [2.45, 2.75) is 26.2 Å². The Kier molecular flexibility index (Phi) is 4.37. The largest absolute Gasteiger partial charge is 0.455 e. The van der Waals surface area contributed by atoms with E-state index in [9.17, 15) is 0 Å². The van der Waals surface area contributed by atoms with Gasteiger partial charge in [-0.05, 0) is 35.7 Å². The minimum absolute atomic E-state index is 0.0695. The number of hydrogen-bond donors (Lipinski definition) is 0. The van der Waals surface area contributed by atoms with Crippen LogP contribution in [0.1, 0.15) is 26.5 Å². The number of benzene rings is 4. The Balaban J connectivity index is 1.58. The zero-order valence-corrected chi connectivity index (χ0v) is 20.5. The van der Waals surface area contributed by atoms with Gasteiger partial charge in [0.15, 0.2) is 0 Å². The Hall–Kier alpha value is -4.44. The summed E-state index contributed by atoms with van der Waals surface area (Å²) < 4.78 is 8.88. The molecule has 0 unspecified atom stereocenters. The van der Waals surface area contributed by atoms with Crippen molar-refractivity contribution in [1.29, 1.82) is 0 Å². The highest BCUT2D eigenvalue weighted by atomic mass is 16.3. The fourth-order valence-corrected chi connectivity index (χ4v) is 5.11. The van der Waals surface area contributed by atoms with Crippen molar-refractivity contribution in [3.63, 3.8) is 0 Å². The minimum atomic E-state index is -0.0695. The summed E-state index contributed by atoms with van der Waals surface area (Å²) >= 11 is 0. The molecule has 3 heterocycles. The fraction of sp³-hybridized carbons (Fsp3) is 0.125. The number of fused-ring (bicyclic) bond motifs is 6. The predicted octanol–water partition coefficient (Wildman–Crippen LogP) is 8.44. The van der Waals surface area contributed by atoms with Gasteiger partial charge in [0, 0.05) is 33.0 Å². The van der Waals surface area contributed by atoms with E-state index in [-0.39, 0.29) is 5.41 Å². The summed E-state index contributed by atoms with van der Waals surface area (Å²) in [6, 6.07) is 31.6. The topological polar surface area (TPSA) is 43.9 Å². The molecule has 0 N–H and O–H groups in total. The van der Waals surface area contributed by atoms with Gasteiger partial charge in [0.25, 0.3) is 0 Å². The molecule has 4 heteroatoms. The fourth-order valence-electron chi connectivity index (χ4n) is 5.11. The molecule has 7 aromatic rings. The molecule has 7 rings (SSSR count). The highest BCUT2D eigenvalue weighted by Crippen LogP contribution is 2.40. The molecule has 0 bridgehead atoms. The van der Waals surface area contributed by atoms with Gasteiger partial charge < -0.3 is 4.42 Å². The smallest absolute Gasteiger partial charge is 0.149 e. The molecule has 0 atom stereocenters. The van der Waals surface area contributed by atoms with Crippen LogP contribution in [0.5, 0.6) is 0 Å². The minimum Gasteiger partial charge on any atom is -0.455 e. The van der Waals surface area contributed by atoms with E-state index in [4.69, 9.17) is 14.4 Å². The summed E-state index contributed by atoms with van der Waals surface area (Å²) in [6.45, 7) is 6.56. The number of para-hydroxylation sites is 2. The lowest BCUT2D eigenvalue weighted by atomic mass is 9.91. The molecule has 0 aliphatic carbocycles. The van der Waals surface area contributed by atoms with E-state index in [1.165, 1.54) is 5.39 Å². The van der Waals surface area contributed by atoms with Crippen LogP contribution in [0, 0.1) is 0 Å². The number of rotatable bonds is 2. The number of hydrogen-bond acceptors (Lipinski definition) is 3. The molecule has 0 spiro atoms. The molecule has 0 fully saturated rings. The number of nitrogens with zero attached hydrogens (tertiary/aromatic N) is 3. The quantitative estimate of drug-likeness (QED) is 0.256. The number of imidazole rings is 1. The second-order valence-electron chi connectivity index (χ2n) is 10.4. The summed E-state index contributed by atoms with van der Waals surface area (Å²) in [5.41, 5.74) is 6.64. The Morgan fingerprint density at radius 2 is 1.47 bits per heavy atom. The maximum absolute atomic E-state index is 6.65. The molecule has 0 amide bonds. The number of pyridine rings is 1. The van der Waals surface area contributed by atoms with Gasteiger partial charge in [-0.2, -0.15) is 0 Å². The summed E-state index contributed by atoms with van der Waals surface area (Å²) in [6.07, 6.45) is 1.89. The van der Waals surface area contributed by atoms with Gasteiger partial charge in [0.05, 0.1) is 17.3 Å². The maximum Gasteiger partial charge on any atom is 0.149 e. The normalized spacial score (nSPS) is 12.3. The van der Waals surface area contributed by atoms with E-state index in [0.717, 1.165) is 61.1 Å². The van der Waals surface area contributed by atoms with Crippen molar-refractivity contribution >= 4 is 43.7 Å². The molecule has 0 radical (unpaired) electrons. The van der Waals surface area contributed by atoms with Crippen LogP contribution in [0.2, 0.25) is 0 Å². The van der Waals surface area contributed by atoms with E-state index < -0.39 is 0 Å². The Morgan fingerprint density at radius 3 is 2.31 bits per heavy atom. The third kappa shape index (κ3) is 3.07. The lowest BCUT2D eigenvalue weighted by molar-refractivity contribution is 0.570. The van der Waals surface area contributed by atoms with Gasteiger partial charge in [-0.3, -0.25) is 9.55 Å². The van der Waals surface area contributed by atoms with Gasteiger partial charge in [-0.15, -0.1) is 0 Å². The molecule has 36 heavy (non-hydrogen) atoms. The number of aromatic nitrogens is 3. The average Bonchev–Trinajstić information content (AvgIpc) is 3.47. The molecule has 3 aromatic heterocycles. The van der Waals surface area contributed by atoms with Gasteiger partial charge in [-0.1, -0.05) is 81.4 Å². The SMILES string of the molecule is CC(C)(C)c1cc2c(cn1)nc(-c1cccc3c1oc1c4ccccc4ccc31)n2-c1ccccc1. The lowest BCUT2D eigenvalue weighted by Gasteiger charge is -2.18. The van der Waals surface area contributed by atoms with Gasteiger partial charge in [0.2, 0.25) is 0 Å². The van der Waals surface area contributed by atoms with Crippen LogP contribution in [0.25, 0.3) is 60.8 Å². The van der Waals surface area contributed by atoms with Crippen molar-refractivity contribution in [2.75, 3.05) is 0 Å². The second-order valence-corrected chi connectivity index (χ2v) is 10.4. The third-order valence-electron chi connectivity index (χ3n) is 6.95. The monoisotopic (exact) mass is 467 g/mol. The highest BCUT2D eigenvalue weighted by molar-refractivity contribution is 6.17. The third-order valence-corrected chi connectivity index (χ3v) is 6.95. The van der Waals surface area contributed by atoms with Gasteiger partial charge in [-0.25, -0.2) is 4.98 Å². The molecule has 0 saturated carbocycles. The molecule has 4 aromatic carbocycles. The van der Waals surface area contributed by atoms with Crippen molar-refractivity contribution in [2.24, 2.45) is 0 Å². The Labute approximate surface area is 208 Å². The van der Waals surface area contributed by atoms with Crippen molar-refractivity contribution in [3.8, 4) is 17.1 Å². The Morgan fingerprint density at radius 1 is 0.722 bits per heavy atom. The van der Waals surface area contributed by atoms with Crippen LogP contribution in [0.3, 0.4) is 0 Å². The van der Waals surface area contributed by atoms with Crippen LogP contribution in [-0.2, 0) is 5.41 Å². The highest BCUT2D eigenvalue weighted by Gasteiger charge is 2.23. The summed E-state index contributed by atoms with van der Waals surface area (Å²) in [5.74, 6) is 0.845. The summed E-state index contributed by atoms with van der Waals surface area (Å²) in [5, 5.41) is 4.49. The van der Waals surface area contributed by atoms with Gasteiger partial charge >= 0.3 is 0 Å². The molecular weight excluding hydrogens is 442 g/mol. The summed E-state index contributed by atoms with van der Waals surface area (Å²) in [7, 11) is 0. The van der Waals surface area contributed by atoms with E-state index in [1.807, 2.05) is 12.3 Å². The van der Waals surface area contributed by atoms with Crippen LogP contribution in [0.15, 0.2) is 102 Å². The van der Waals surface area contributed by atoms with Crippen LogP contribution < -0.4 is 0 Å². The average molecular weight is 468 g/mol. The van der Waals surface area contributed by atoms with Crippen LogP contribution in [0.4, 0.5) is 0 Å². The molecule has 0 aliphatic heterocycles. The van der Waals surface area contributed by atoms with Crippen molar-refractivity contribution in [3.05, 3.63) is 103 Å². The molecular formula is C32H25N3O. The first-order chi connectivity index (χ1) is 17.5. The van der Waals surface area contributed by atoms with Gasteiger partial charge in [0.1, 0.15) is 22.5 Å². The van der Waals surface area contributed by atoms with E-state index in [2.05, 4.69) is 110 Å². The molecule has 4 nitrogen and oxygen atoms in total. The molecule has 174 valence electrons. The Bertz CT molecular complexity index is 1920. The maximum atomic E-state index is 6.65. The zero-order valence-electron chi connectivity index (χ0n) is 20.5. The standard InChI is InChI=1S/C32H25N3O/c1-32(2,3)28-18-27-26(19-33-28)34-31(35(27)21-11-5-4-6-12-21)25-15-9-14-23-24-17-16-20-10-7-8-13-22(20)29(24)36-30(23)25/h4-19H,1-3H3. The molecule has 0 aliphatic rings. The van der Waals surface area contributed by atoms with Crippen molar-refractivity contribution < 1.29 is 4.42 Å². The van der Waals surface area contributed by atoms with E-state index >= 15 is 0 Å². The van der Waals surface area contributed by atoms with Crippen LogP contribution in [-0.4, -0.2) is 14.5 Å². The van der Waals surface area contributed by atoms with E-state index in [1.54, 1.807) is 0 Å². The van der Waals surface area contributed by atoms with E-state index in [0.29, 0.717) is 0 Å². The lowest BCUT2D eigenvalue weighted by Crippen LogP contribution is -2.13. The first-order valence-electron chi connectivity index (χ1n) is 12.3. The molecule has 0 saturated heterocycles. The zero-order chi connectivity index (χ0) is 24.4. The second kappa shape index (κ2) is 7.53. The first-order valence-corrected chi connectivity index (χ1v) is 12.3. The summed E-state index contributed by atoms with van der Waals surface area (Å²) in [4.78, 5) is 9.86. The van der Waals surface area contributed by atoms with Crippen LogP contribution >= 0.6 is 0 Å². The number of furan rings is 1. The predicted molar refractivity (Wildman–Crippen MR) is 148 cm³/mol. The van der Waals surface area contributed by atoms with Crippen molar-refractivity contribution in [1.82, 2.24) is 14.5 Å². The first kappa shape index (κ1) is 20.9.